The number of aromatic nitrogens is 3. The molecule has 1 aliphatic heterocycles. The molecule has 0 atom stereocenters. The smallest absolute Gasteiger partial charge is 0.269 e. The van der Waals surface area contributed by atoms with Crippen molar-refractivity contribution in [3.05, 3.63) is 34.8 Å². The van der Waals surface area contributed by atoms with Crippen LogP contribution in [-0.2, 0) is 25.8 Å². The number of carbonyl (C=O) groups is 1. The van der Waals surface area contributed by atoms with Gasteiger partial charge in [0, 0.05) is 29.6 Å². The number of rotatable bonds is 3. The molecule has 2 aromatic heterocycles. The van der Waals surface area contributed by atoms with Crippen LogP contribution in [0.5, 0.6) is 0 Å². The lowest BCUT2D eigenvalue weighted by Crippen LogP contribution is -2.36. The molecule has 0 aromatic carbocycles. The van der Waals surface area contributed by atoms with Crippen LogP contribution in [0.2, 0.25) is 0 Å². The van der Waals surface area contributed by atoms with Crippen molar-refractivity contribution in [1.29, 1.82) is 0 Å². The molecule has 136 valence electrons. The molecular formula is C21H26N4O. The largest absolute Gasteiger partial charge is 0.349 e. The number of carbonyl (C=O) groups excluding carboxylic acids is 1. The number of nitrogens with zero attached hydrogens (tertiary/aromatic N) is 3. The van der Waals surface area contributed by atoms with Gasteiger partial charge in [0.2, 0.25) is 0 Å². The molecule has 3 aliphatic rings. The summed E-state index contributed by atoms with van der Waals surface area (Å²) >= 11 is 0. The third-order valence-corrected chi connectivity index (χ3v) is 6.35. The van der Waals surface area contributed by atoms with Gasteiger partial charge in [-0.2, -0.15) is 5.10 Å². The summed E-state index contributed by atoms with van der Waals surface area (Å²) in [6.07, 6.45) is 13.2. The Labute approximate surface area is 154 Å². The van der Waals surface area contributed by atoms with Crippen molar-refractivity contribution in [1.82, 2.24) is 20.1 Å². The summed E-state index contributed by atoms with van der Waals surface area (Å²) < 4.78 is 1.90. The van der Waals surface area contributed by atoms with E-state index in [0.717, 1.165) is 48.7 Å². The number of fused-ring (bicyclic) bond motifs is 5. The van der Waals surface area contributed by atoms with E-state index in [4.69, 9.17) is 10.1 Å². The van der Waals surface area contributed by atoms with Crippen molar-refractivity contribution in [3.8, 4) is 11.3 Å². The molecule has 0 unspecified atom stereocenters. The van der Waals surface area contributed by atoms with Gasteiger partial charge < -0.3 is 5.32 Å². The fraction of sp³-hybridized carbons (Fsp3) is 0.571. The highest BCUT2D eigenvalue weighted by Gasteiger charge is 2.30. The van der Waals surface area contributed by atoms with Gasteiger partial charge in [0.25, 0.3) is 5.91 Å². The zero-order valence-corrected chi connectivity index (χ0v) is 15.3. The summed E-state index contributed by atoms with van der Waals surface area (Å²) in [5, 5.41) is 7.76. The summed E-state index contributed by atoms with van der Waals surface area (Å²) in [5.74, 6) is 0.904. The zero-order chi connectivity index (χ0) is 17.5. The maximum absolute atomic E-state index is 12.3. The van der Waals surface area contributed by atoms with Gasteiger partial charge in [-0.1, -0.05) is 32.1 Å². The summed E-state index contributed by atoms with van der Waals surface area (Å²) in [6.45, 7) is 1.44. The first-order valence-corrected chi connectivity index (χ1v) is 10.2. The maximum atomic E-state index is 12.3. The topological polar surface area (TPSA) is 59.8 Å². The highest BCUT2D eigenvalue weighted by molar-refractivity contribution is 5.96. The monoisotopic (exact) mass is 350 g/mol. The van der Waals surface area contributed by atoms with Gasteiger partial charge in [0.15, 0.2) is 0 Å². The number of pyridine rings is 1. The fourth-order valence-corrected chi connectivity index (χ4v) is 4.90. The van der Waals surface area contributed by atoms with Crippen molar-refractivity contribution in [3.63, 3.8) is 0 Å². The number of aryl methyl sites for hydroxylation is 2. The van der Waals surface area contributed by atoms with Gasteiger partial charge in [-0.05, 0) is 43.2 Å². The van der Waals surface area contributed by atoms with Crippen molar-refractivity contribution in [2.45, 2.75) is 64.3 Å². The Bertz CT molecular complexity index is 848. The number of hydrogen-bond acceptors (Lipinski definition) is 3. The van der Waals surface area contributed by atoms with Crippen LogP contribution >= 0.6 is 0 Å². The lowest BCUT2D eigenvalue weighted by Gasteiger charge is -2.21. The lowest BCUT2D eigenvalue weighted by molar-refractivity contribution is 0.0923. The Morgan fingerprint density at radius 2 is 2.08 bits per heavy atom. The summed E-state index contributed by atoms with van der Waals surface area (Å²) in [5.41, 5.74) is 6.57. The van der Waals surface area contributed by atoms with E-state index < -0.39 is 0 Å². The van der Waals surface area contributed by atoms with E-state index in [1.54, 1.807) is 0 Å². The Kier molecular flexibility index (Phi) is 4.03. The third-order valence-electron chi connectivity index (χ3n) is 6.35. The van der Waals surface area contributed by atoms with Crippen molar-refractivity contribution >= 4 is 5.91 Å². The second-order valence-corrected chi connectivity index (χ2v) is 8.03. The second-order valence-electron chi connectivity index (χ2n) is 8.03. The molecule has 26 heavy (non-hydrogen) atoms. The highest BCUT2D eigenvalue weighted by Crippen LogP contribution is 2.36. The molecule has 1 saturated carbocycles. The molecule has 1 N–H and O–H groups in total. The minimum absolute atomic E-state index is 0.0278. The Balaban J connectivity index is 1.43. The first-order valence-electron chi connectivity index (χ1n) is 10.2. The van der Waals surface area contributed by atoms with Crippen LogP contribution in [0.25, 0.3) is 11.3 Å². The predicted octanol–water partition coefficient (Wildman–Crippen LogP) is 3.30. The van der Waals surface area contributed by atoms with Crippen LogP contribution in [0.15, 0.2) is 12.3 Å². The lowest BCUT2D eigenvalue weighted by atomic mass is 9.85. The summed E-state index contributed by atoms with van der Waals surface area (Å²) in [7, 11) is 0. The van der Waals surface area contributed by atoms with E-state index in [9.17, 15) is 4.79 Å². The van der Waals surface area contributed by atoms with Gasteiger partial charge >= 0.3 is 0 Å². The standard InChI is InChI=1S/C21H26N4O/c26-21-20-17-9-7-15-13-23-16(8-6-14-4-2-1-3-5-14)12-18(15)19(17)24-25(20)11-10-22-21/h12-14H,1-11H2,(H,22,26). The quantitative estimate of drug-likeness (QED) is 0.924. The number of amides is 1. The van der Waals surface area contributed by atoms with Gasteiger partial charge in [0.05, 0.1) is 12.2 Å². The van der Waals surface area contributed by atoms with E-state index in [0.29, 0.717) is 6.54 Å². The fourth-order valence-electron chi connectivity index (χ4n) is 4.90. The first-order chi connectivity index (χ1) is 12.8. The molecule has 0 bridgehead atoms. The van der Waals surface area contributed by atoms with Gasteiger partial charge in [-0.25, -0.2) is 0 Å². The average Bonchev–Trinajstić information content (AvgIpc) is 3.07. The van der Waals surface area contributed by atoms with Gasteiger partial charge in [0.1, 0.15) is 5.69 Å². The van der Waals surface area contributed by atoms with E-state index >= 15 is 0 Å². The van der Waals surface area contributed by atoms with Crippen LogP contribution in [-0.4, -0.2) is 27.2 Å². The molecule has 1 fully saturated rings. The first kappa shape index (κ1) is 16.0. The molecule has 1 amide bonds. The molecule has 0 saturated heterocycles. The van der Waals surface area contributed by atoms with Gasteiger partial charge in [-0.3, -0.25) is 14.5 Å². The summed E-state index contributed by atoms with van der Waals surface area (Å²) in [6, 6.07) is 2.24. The molecule has 0 spiro atoms. The molecule has 0 radical (unpaired) electrons. The van der Waals surface area contributed by atoms with E-state index in [-0.39, 0.29) is 5.91 Å². The Morgan fingerprint density at radius 1 is 1.19 bits per heavy atom. The molecule has 5 rings (SSSR count). The molecule has 3 heterocycles. The molecule has 2 aromatic rings. The third kappa shape index (κ3) is 2.74. The normalized spacial score (nSPS) is 19.5. The van der Waals surface area contributed by atoms with Crippen LogP contribution in [0.3, 0.4) is 0 Å². The van der Waals surface area contributed by atoms with Crippen LogP contribution in [0.1, 0.15) is 65.8 Å². The van der Waals surface area contributed by atoms with Crippen molar-refractivity contribution in [2.24, 2.45) is 5.92 Å². The van der Waals surface area contributed by atoms with E-state index in [1.807, 2.05) is 10.9 Å². The van der Waals surface area contributed by atoms with Crippen molar-refractivity contribution in [2.75, 3.05) is 6.54 Å². The highest BCUT2D eigenvalue weighted by atomic mass is 16.2. The second kappa shape index (κ2) is 6.53. The Hall–Kier alpha value is -2.17. The Morgan fingerprint density at radius 3 is 2.96 bits per heavy atom. The minimum Gasteiger partial charge on any atom is -0.349 e. The van der Waals surface area contributed by atoms with Crippen LogP contribution in [0.4, 0.5) is 0 Å². The molecular weight excluding hydrogens is 324 g/mol. The molecule has 2 aliphatic carbocycles. The van der Waals surface area contributed by atoms with Crippen LogP contribution < -0.4 is 5.32 Å². The average molecular weight is 350 g/mol. The minimum atomic E-state index is 0.0278. The summed E-state index contributed by atoms with van der Waals surface area (Å²) in [4.78, 5) is 17.0. The van der Waals surface area contributed by atoms with Crippen LogP contribution in [0, 0.1) is 5.92 Å². The van der Waals surface area contributed by atoms with E-state index in [1.165, 1.54) is 55.3 Å². The van der Waals surface area contributed by atoms with Crippen molar-refractivity contribution < 1.29 is 4.79 Å². The molecule has 5 heteroatoms. The zero-order valence-electron chi connectivity index (χ0n) is 15.3. The SMILES string of the molecule is O=C1NCCn2nc3c(c21)CCc1cnc(CCC2CCCCC2)cc1-3. The number of hydrogen-bond donors (Lipinski definition) is 1. The number of nitrogens with one attached hydrogen (secondary N) is 1. The molecule has 5 nitrogen and oxygen atoms in total. The van der Waals surface area contributed by atoms with Gasteiger partial charge in [-0.15, -0.1) is 0 Å². The predicted molar refractivity (Wildman–Crippen MR) is 100 cm³/mol. The van der Waals surface area contributed by atoms with E-state index in [2.05, 4.69) is 11.4 Å². The maximum Gasteiger partial charge on any atom is 0.269 e.